The van der Waals surface area contributed by atoms with Gasteiger partial charge >= 0.3 is 0 Å². The highest BCUT2D eigenvalue weighted by Gasteiger charge is 2.39. The molecule has 7 nitrogen and oxygen atoms in total. The summed E-state index contributed by atoms with van der Waals surface area (Å²) in [5.41, 5.74) is 0.872. The van der Waals surface area contributed by atoms with Crippen molar-refractivity contribution in [3.8, 4) is 0 Å². The van der Waals surface area contributed by atoms with Gasteiger partial charge in [0.05, 0.1) is 28.6 Å². The molecule has 1 aliphatic rings. The van der Waals surface area contributed by atoms with Crippen molar-refractivity contribution >= 4 is 31.4 Å². The molecule has 1 N–H and O–H groups in total. The summed E-state index contributed by atoms with van der Waals surface area (Å²) in [6.07, 6.45) is 0.959. The van der Waals surface area contributed by atoms with Gasteiger partial charge in [-0.2, -0.15) is 17.9 Å². The molecular formula is C22H19F2N3O4S2. The Morgan fingerprint density at radius 2 is 1.64 bits per heavy atom. The number of nitrogens with one attached hydrogen (secondary N) is 1. The van der Waals surface area contributed by atoms with Crippen LogP contribution in [-0.4, -0.2) is 33.2 Å². The number of rotatable bonds is 6. The zero-order chi connectivity index (χ0) is 23.8. The Hall–Kier alpha value is -3.31. The van der Waals surface area contributed by atoms with Crippen LogP contribution in [0.2, 0.25) is 0 Å². The van der Waals surface area contributed by atoms with E-state index in [1.54, 1.807) is 24.3 Å². The standard InChI is InChI=1S/C22H19F2N3O4S2/c1-32(28,29)26-20-12-5-3-10-18(20)21-14-22(17-9-2-4-11-19(17)24)27(25-21)33(30,31)16-8-6-7-15(23)13-16/h2-13,22,26H,14H2,1H3. The number of halogens is 2. The third kappa shape index (κ3) is 4.74. The summed E-state index contributed by atoms with van der Waals surface area (Å²) < 4.78 is 82.0. The minimum absolute atomic E-state index is 0.0298. The quantitative estimate of drug-likeness (QED) is 0.566. The maximum atomic E-state index is 14.7. The normalized spacial score (nSPS) is 16.5. The van der Waals surface area contributed by atoms with E-state index in [0.717, 1.165) is 22.8 Å². The van der Waals surface area contributed by atoms with E-state index < -0.39 is 37.7 Å². The summed E-state index contributed by atoms with van der Waals surface area (Å²) in [6.45, 7) is 0. The molecule has 3 aromatic rings. The Morgan fingerprint density at radius 1 is 0.939 bits per heavy atom. The maximum Gasteiger partial charge on any atom is 0.279 e. The lowest BCUT2D eigenvalue weighted by atomic mass is 9.98. The van der Waals surface area contributed by atoms with Crippen molar-refractivity contribution in [3.63, 3.8) is 0 Å². The molecule has 11 heteroatoms. The number of hydrogen-bond acceptors (Lipinski definition) is 5. The molecular weight excluding hydrogens is 472 g/mol. The highest BCUT2D eigenvalue weighted by molar-refractivity contribution is 7.92. The molecule has 0 bridgehead atoms. The van der Waals surface area contributed by atoms with Crippen molar-refractivity contribution in [2.45, 2.75) is 17.4 Å². The lowest BCUT2D eigenvalue weighted by Gasteiger charge is -2.23. The summed E-state index contributed by atoms with van der Waals surface area (Å²) in [5, 5.41) is 4.26. The molecule has 1 aliphatic heterocycles. The van der Waals surface area contributed by atoms with E-state index in [-0.39, 0.29) is 28.3 Å². The smallest absolute Gasteiger partial charge is 0.279 e. The van der Waals surface area contributed by atoms with E-state index in [4.69, 9.17) is 0 Å². The third-order valence-corrected chi connectivity index (χ3v) is 7.28. The first-order chi connectivity index (χ1) is 15.6. The van der Waals surface area contributed by atoms with Gasteiger partial charge in [-0.25, -0.2) is 17.2 Å². The topological polar surface area (TPSA) is 95.9 Å². The molecule has 33 heavy (non-hydrogen) atoms. The van der Waals surface area contributed by atoms with Crippen LogP contribution in [0.4, 0.5) is 14.5 Å². The Balaban J connectivity index is 1.86. The van der Waals surface area contributed by atoms with Gasteiger partial charge in [0, 0.05) is 17.5 Å². The fourth-order valence-corrected chi connectivity index (χ4v) is 5.64. The van der Waals surface area contributed by atoms with Gasteiger partial charge in [0.2, 0.25) is 10.0 Å². The van der Waals surface area contributed by atoms with Gasteiger partial charge in [0.25, 0.3) is 10.0 Å². The number of sulfonamides is 2. The number of hydrogen-bond donors (Lipinski definition) is 1. The number of benzene rings is 3. The van der Waals surface area contributed by atoms with Crippen LogP contribution in [0, 0.1) is 11.6 Å². The maximum absolute atomic E-state index is 14.7. The molecule has 1 unspecified atom stereocenters. The van der Waals surface area contributed by atoms with Crippen LogP contribution in [0.25, 0.3) is 0 Å². The highest BCUT2D eigenvalue weighted by atomic mass is 32.2. The summed E-state index contributed by atoms with van der Waals surface area (Å²) in [6, 6.07) is 15.5. The van der Waals surface area contributed by atoms with Gasteiger partial charge in [-0.15, -0.1) is 0 Å². The Morgan fingerprint density at radius 3 is 2.33 bits per heavy atom. The average molecular weight is 492 g/mol. The second-order valence-corrected chi connectivity index (χ2v) is 11.0. The molecule has 0 aromatic heterocycles. The van der Waals surface area contributed by atoms with E-state index in [1.165, 1.54) is 36.4 Å². The zero-order valence-electron chi connectivity index (χ0n) is 17.3. The zero-order valence-corrected chi connectivity index (χ0v) is 18.9. The molecule has 1 heterocycles. The number of hydrazone groups is 1. The van der Waals surface area contributed by atoms with Crippen molar-refractivity contribution in [2.24, 2.45) is 5.10 Å². The van der Waals surface area contributed by atoms with Crippen LogP contribution in [-0.2, 0) is 20.0 Å². The second-order valence-electron chi connectivity index (χ2n) is 7.44. The van der Waals surface area contributed by atoms with Gasteiger partial charge in [-0.05, 0) is 30.3 Å². The Labute approximate surface area is 190 Å². The summed E-state index contributed by atoms with van der Waals surface area (Å²) in [4.78, 5) is -0.337. The van der Waals surface area contributed by atoms with Crippen molar-refractivity contribution in [3.05, 3.63) is 95.6 Å². The first kappa shape index (κ1) is 22.9. The lowest BCUT2D eigenvalue weighted by Crippen LogP contribution is -2.28. The molecule has 0 spiro atoms. The van der Waals surface area contributed by atoms with Crippen LogP contribution >= 0.6 is 0 Å². The van der Waals surface area contributed by atoms with Crippen molar-refractivity contribution in [1.82, 2.24) is 4.41 Å². The molecule has 1 atom stereocenters. The van der Waals surface area contributed by atoms with E-state index in [0.29, 0.717) is 5.56 Å². The number of anilines is 1. The minimum Gasteiger partial charge on any atom is -0.283 e. The van der Waals surface area contributed by atoms with Crippen LogP contribution in [0.3, 0.4) is 0 Å². The first-order valence-corrected chi connectivity index (χ1v) is 13.1. The third-order valence-electron chi connectivity index (χ3n) is 5.01. The SMILES string of the molecule is CS(=O)(=O)Nc1ccccc1C1=NN(S(=O)(=O)c2cccc(F)c2)C(c2ccccc2F)C1. The summed E-state index contributed by atoms with van der Waals surface area (Å²) >= 11 is 0. The van der Waals surface area contributed by atoms with Crippen LogP contribution < -0.4 is 4.72 Å². The average Bonchev–Trinajstić information content (AvgIpc) is 3.19. The fraction of sp³-hybridized carbons (Fsp3) is 0.136. The number of para-hydroxylation sites is 1. The predicted molar refractivity (Wildman–Crippen MR) is 121 cm³/mol. The minimum atomic E-state index is -4.36. The summed E-state index contributed by atoms with van der Waals surface area (Å²) in [5.74, 6) is -1.37. The first-order valence-electron chi connectivity index (χ1n) is 9.75. The molecule has 172 valence electrons. The molecule has 0 saturated heterocycles. The molecule has 0 radical (unpaired) electrons. The lowest BCUT2D eigenvalue weighted by molar-refractivity contribution is 0.362. The Bertz CT molecular complexity index is 1460. The van der Waals surface area contributed by atoms with E-state index in [9.17, 15) is 25.6 Å². The number of nitrogens with zero attached hydrogens (tertiary/aromatic N) is 2. The van der Waals surface area contributed by atoms with Crippen molar-refractivity contribution in [2.75, 3.05) is 11.0 Å². The second kappa shape index (κ2) is 8.56. The predicted octanol–water partition coefficient (Wildman–Crippen LogP) is 3.88. The van der Waals surface area contributed by atoms with Crippen molar-refractivity contribution < 1.29 is 25.6 Å². The monoisotopic (exact) mass is 491 g/mol. The largest absolute Gasteiger partial charge is 0.283 e. The van der Waals surface area contributed by atoms with Crippen molar-refractivity contribution in [1.29, 1.82) is 0 Å². The molecule has 0 saturated carbocycles. The molecule has 0 amide bonds. The fourth-order valence-electron chi connectivity index (χ4n) is 3.61. The van der Waals surface area contributed by atoms with Gasteiger partial charge in [-0.1, -0.05) is 42.5 Å². The van der Waals surface area contributed by atoms with Gasteiger partial charge in [0.1, 0.15) is 11.6 Å². The molecule has 0 fully saturated rings. The van der Waals surface area contributed by atoms with Gasteiger partial charge in [0.15, 0.2) is 0 Å². The van der Waals surface area contributed by atoms with Gasteiger partial charge in [-0.3, -0.25) is 4.72 Å². The van der Waals surface area contributed by atoms with Crippen LogP contribution in [0.1, 0.15) is 23.6 Å². The highest BCUT2D eigenvalue weighted by Crippen LogP contribution is 2.39. The summed E-state index contributed by atoms with van der Waals surface area (Å²) in [7, 11) is -7.99. The molecule has 0 aliphatic carbocycles. The van der Waals surface area contributed by atoms with E-state index >= 15 is 0 Å². The van der Waals surface area contributed by atoms with Crippen LogP contribution in [0.5, 0.6) is 0 Å². The van der Waals surface area contributed by atoms with Gasteiger partial charge < -0.3 is 0 Å². The molecule has 4 rings (SSSR count). The Kier molecular flexibility index (Phi) is 5.93. The van der Waals surface area contributed by atoms with Crippen LogP contribution in [0.15, 0.2) is 82.8 Å². The van der Waals surface area contributed by atoms with E-state index in [2.05, 4.69) is 9.82 Å². The molecule has 3 aromatic carbocycles. The van der Waals surface area contributed by atoms with E-state index in [1.807, 2.05) is 0 Å².